The van der Waals surface area contributed by atoms with Crippen LogP contribution in [0.2, 0.25) is 0 Å². The molecule has 0 aliphatic carbocycles. The van der Waals surface area contributed by atoms with Crippen molar-refractivity contribution in [1.82, 2.24) is 4.98 Å². The number of hydrogen-bond acceptors (Lipinski definition) is 4. The first-order valence-corrected chi connectivity index (χ1v) is 3.37. The Morgan fingerprint density at radius 2 is 2.08 bits per heavy atom. The van der Waals surface area contributed by atoms with E-state index in [1.165, 1.54) is 6.20 Å². The zero-order valence-corrected chi connectivity index (χ0v) is 6.02. The highest BCUT2D eigenvalue weighted by Crippen LogP contribution is 2.18. The van der Waals surface area contributed by atoms with E-state index in [1.807, 2.05) is 0 Å². The maximum Gasteiger partial charge on any atom is 0.255 e. The largest absolute Gasteiger partial charge is 0.284 e. The quantitative estimate of drug-likeness (QED) is 0.520. The molecule has 4 nitrogen and oxygen atoms in total. The zero-order chi connectivity index (χ0) is 8.55. The van der Waals surface area contributed by atoms with Crippen LogP contribution in [0.5, 0.6) is 0 Å². The van der Waals surface area contributed by atoms with Gasteiger partial charge >= 0.3 is 0 Å². The van der Waals surface area contributed by atoms with Gasteiger partial charge < -0.3 is 0 Å². The molecule has 0 saturated carbocycles. The molecule has 0 unspecified atom stereocenters. The third-order valence-electron chi connectivity index (χ3n) is 1.55. The second-order valence-corrected chi connectivity index (χ2v) is 2.32. The van der Waals surface area contributed by atoms with Crippen molar-refractivity contribution in [2.45, 2.75) is 0 Å². The lowest BCUT2D eigenvalue weighted by molar-refractivity contribution is -0.109. The average Bonchev–Trinajstić information content (AvgIpc) is 2.12. The van der Waals surface area contributed by atoms with Crippen molar-refractivity contribution >= 4 is 23.5 Å². The number of aromatic nitrogens is 1. The molecule has 2 heterocycles. The fourth-order valence-corrected chi connectivity index (χ4v) is 0.979. The minimum absolute atomic E-state index is 0.144. The summed E-state index contributed by atoms with van der Waals surface area (Å²) in [6.45, 7) is 0. The highest BCUT2D eigenvalue weighted by molar-refractivity contribution is 6.64. The molecule has 12 heavy (non-hydrogen) atoms. The Kier molecular flexibility index (Phi) is 1.33. The number of fused-ring (bicyclic) bond motifs is 1. The first kappa shape index (κ1) is 6.84. The molecule has 0 spiro atoms. The van der Waals surface area contributed by atoms with Crippen molar-refractivity contribution in [3.63, 3.8) is 0 Å². The molecule has 0 saturated heterocycles. The van der Waals surface area contributed by atoms with Crippen LogP contribution in [0.15, 0.2) is 23.3 Å². The minimum Gasteiger partial charge on any atom is -0.284 e. The molecule has 1 aliphatic heterocycles. The summed E-state index contributed by atoms with van der Waals surface area (Å²) in [5, 5.41) is 0. The number of carbonyl (C=O) groups excluding carboxylic acids is 2. The lowest BCUT2D eigenvalue weighted by atomic mass is 10.1. The summed E-state index contributed by atoms with van der Waals surface area (Å²) >= 11 is 0. The Bertz CT molecular complexity index is 396. The Morgan fingerprint density at radius 1 is 1.25 bits per heavy atom. The van der Waals surface area contributed by atoms with Crippen LogP contribution in [-0.4, -0.2) is 22.8 Å². The van der Waals surface area contributed by atoms with Gasteiger partial charge in [-0.1, -0.05) is 0 Å². The standard InChI is InChI=1S/C8H4N2O2/c11-6-4-10-5-2-1-3-9-7(5)8(6)12/h1-4H. The van der Waals surface area contributed by atoms with Gasteiger partial charge in [-0.3, -0.25) is 19.6 Å². The molecule has 2 rings (SSSR count). The summed E-state index contributed by atoms with van der Waals surface area (Å²) in [4.78, 5) is 29.5. The number of Topliss-reactive ketones (excluding diaryl/α,β-unsaturated/α-hetero) is 2. The Labute approximate surface area is 68.0 Å². The normalized spacial score (nSPS) is 14.7. The van der Waals surface area contributed by atoms with Gasteiger partial charge in [0, 0.05) is 6.20 Å². The molecule has 0 N–H and O–H groups in total. The zero-order valence-electron chi connectivity index (χ0n) is 6.02. The van der Waals surface area contributed by atoms with Crippen LogP contribution in [0.4, 0.5) is 5.69 Å². The van der Waals surface area contributed by atoms with E-state index in [2.05, 4.69) is 9.98 Å². The highest BCUT2D eigenvalue weighted by atomic mass is 16.2. The monoisotopic (exact) mass is 160 g/mol. The smallest absolute Gasteiger partial charge is 0.255 e. The van der Waals surface area contributed by atoms with E-state index < -0.39 is 11.6 Å². The number of hydrogen-bond donors (Lipinski definition) is 0. The van der Waals surface area contributed by atoms with E-state index in [0.717, 1.165) is 6.21 Å². The molecule has 0 aromatic carbocycles. The number of ketones is 2. The fourth-order valence-electron chi connectivity index (χ4n) is 0.979. The van der Waals surface area contributed by atoms with Crippen LogP contribution in [0.25, 0.3) is 0 Å². The van der Waals surface area contributed by atoms with Gasteiger partial charge in [-0.15, -0.1) is 0 Å². The number of nitrogens with zero attached hydrogens (tertiary/aromatic N) is 2. The van der Waals surface area contributed by atoms with E-state index in [0.29, 0.717) is 5.69 Å². The molecule has 0 atom stereocenters. The van der Waals surface area contributed by atoms with Gasteiger partial charge in [0.05, 0.1) is 11.9 Å². The Balaban J connectivity index is 2.67. The molecule has 0 fully saturated rings. The summed E-state index contributed by atoms with van der Waals surface area (Å²) in [5.41, 5.74) is 0.604. The number of rotatable bonds is 0. The summed E-state index contributed by atoms with van der Waals surface area (Å²) in [7, 11) is 0. The molecule has 0 radical (unpaired) electrons. The third kappa shape index (κ3) is 0.852. The van der Waals surface area contributed by atoms with Crippen molar-refractivity contribution in [3.8, 4) is 0 Å². The molecule has 1 aliphatic rings. The summed E-state index contributed by atoms with van der Waals surface area (Å²) in [6, 6.07) is 3.31. The molecule has 58 valence electrons. The van der Waals surface area contributed by atoms with Crippen LogP contribution in [-0.2, 0) is 4.79 Å². The van der Waals surface area contributed by atoms with Gasteiger partial charge in [-0.25, -0.2) is 0 Å². The van der Waals surface area contributed by atoms with Crippen LogP contribution in [0.1, 0.15) is 10.5 Å². The molecule has 0 amide bonds. The van der Waals surface area contributed by atoms with E-state index in [9.17, 15) is 9.59 Å². The molecule has 0 bridgehead atoms. The maximum atomic E-state index is 11.1. The van der Waals surface area contributed by atoms with Crippen molar-refractivity contribution < 1.29 is 9.59 Å². The number of pyridine rings is 1. The summed E-state index contributed by atoms with van der Waals surface area (Å²) < 4.78 is 0. The second kappa shape index (κ2) is 2.34. The third-order valence-corrected chi connectivity index (χ3v) is 1.55. The minimum atomic E-state index is -0.610. The van der Waals surface area contributed by atoms with E-state index in [-0.39, 0.29) is 5.69 Å². The van der Waals surface area contributed by atoms with Gasteiger partial charge in [0.1, 0.15) is 5.69 Å². The lowest BCUT2D eigenvalue weighted by Gasteiger charge is -2.04. The lowest BCUT2D eigenvalue weighted by Crippen LogP contribution is -2.19. The maximum absolute atomic E-state index is 11.1. The SMILES string of the molecule is O=C1C=Nc2cccnc2C1=O. The van der Waals surface area contributed by atoms with Crippen molar-refractivity contribution in [2.75, 3.05) is 0 Å². The molecular formula is C8H4N2O2. The van der Waals surface area contributed by atoms with Gasteiger partial charge in [-0.2, -0.15) is 0 Å². The van der Waals surface area contributed by atoms with E-state index in [1.54, 1.807) is 12.1 Å². The summed E-state index contributed by atoms with van der Waals surface area (Å²) in [6.07, 6.45) is 2.48. The number of aliphatic imine (C=N–C) groups is 1. The first-order valence-electron chi connectivity index (χ1n) is 3.37. The van der Waals surface area contributed by atoms with Gasteiger partial charge in [-0.05, 0) is 12.1 Å². The Morgan fingerprint density at radius 3 is 2.92 bits per heavy atom. The number of carbonyl (C=O) groups is 2. The fraction of sp³-hybridized carbons (Fsp3) is 0. The van der Waals surface area contributed by atoms with Crippen molar-refractivity contribution in [3.05, 3.63) is 24.0 Å². The van der Waals surface area contributed by atoms with Crippen LogP contribution >= 0.6 is 0 Å². The molecule has 1 aromatic heterocycles. The van der Waals surface area contributed by atoms with Crippen LogP contribution < -0.4 is 0 Å². The van der Waals surface area contributed by atoms with Crippen molar-refractivity contribution in [1.29, 1.82) is 0 Å². The van der Waals surface area contributed by atoms with E-state index >= 15 is 0 Å². The second-order valence-electron chi connectivity index (χ2n) is 2.32. The Hall–Kier alpha value is -1.84. The molecular weight excluding hydrogens is 156 g/mol. The van der Waals surface area contributed by atoms with Crippen LogP contribution in [0.3, 0.4) is 0 Å². The van der Waals surface area contributed by atoms with Gasteiger partial charge in [0.2, 0.25) is 5.78 Å². The predicted octanol–water partition coefficient (Wildman–Crippen LogP) is 0.549. The van der Waals surface area contributed by atoms with E-state index in [4.69, 9.17) is 0 Å². The molecule has 1 aromatic rings. The van der Waals surface area contributed by atoms with Gasteiger partial charge in [0.15, 0.2) is 0 Å². The first-order chi connectivity index (χ1) is 5.79. The van der Waals surface area contributed by atoms with Crippen molar-refractivity contribution in [2.24, 2.45) is 4.99 Å². The average molecular weight is 160 g/mol. The predicted molar refractivity (Wildman–Crippen MR) is 41.7 cm³/mol. The topological polar surface area (TPSA) is 59.4 Å². The summed E-state index contributed by atoms with van der Waals surface area (Å²) in [5.74, 6) is -1.19. The highest BCUT2D eigenvalue weighted by Gasteiger charge is 2.22. The molecule has 4 heteroatoms. The van der Waals surface area contributed by atoms with Gasteiger partial charge in [0.25, 0.3) is 5.78 Å². The van der Waals surface area contributed by atoms with Crippen LogP contribution in [0, 0.1) is 0 Å².